The molecule has 0 aromatic carbocycles. The van der Waals surface area contributed by atoms with Crippen molar-refractivity contribution in [1.82, 2.24) is 9.97 Å². The van der Waals surface area contributed by atoms with Crippen LogP contribution < -0.4 is 5.73 Å². The minimum Gasteiger partial charge on any atom is -0.326 e. The Balaban J connectivity index is 2.77. The minimum atomic E-state index is 0.442. The van der Waals surface area contributed by atoms with Gasteiger partial charge in [0.2, 0.25) is 0 Å². The Morgan fingerprint density at radius 1 is 1.42 bits per heavy atom. The van der Waals surface area contributed by atoms with Gasteiger partial charge in [0.1, 0.15) is 5.82 Å². The van der Waals surface area contributed by atoms with Crippen molar-refractivity contribution < 1.29 is 0 Å². The molecule has 0 spiro atoms. The molecule has 1 unspecified atom stereocenters. The van der Waals surface area contributed by atoms with Crippen LogP contribution in [0.1, 0.15) is 37.6 Å². The summed E-state index contributed by atoms with van der Waals surface area (Å²) >= 11 is 0. The standard InChI is InChI=1S/C9H15N3/c1-3-7(2)9-11-5-8(4-10)6-12-9/h5-7H,3-4,10H2,1-2H3. The lowest BCUT2D eigenvalue weighted by molar-refractivity contribution is 0.675. The smallest absolute Gasteiger partial charge is 0.131 e. The molecule has 0 fully saturated rings. The van der Waals surface area contributed by atoms with Gasteiger partial charge in [-0.05, 0) is 6.42 Å². The van der Waals surface area contributed by atoms with Gasteiger partial charge in [-0.1, -0.05) is 13.8 Å². The Bertz CT molecular complexity index is 230. The van der Waals surface area contributed by atoms with E-state index in [4.69, 9.17) is 5.73 Å². The molecule has 1 atom stereocenters. The van der Waals surface area contributed by atoms with Gasteiger partial charge in [-0.2, -0.15) is 0 Å². The van der Waals surface area contributed by atoms with Crippen LogP contribution in [0.4, 0.5) is 0 Å². The fraction of sp³-hybridized carbons (Fsp3) is 0.556. The molecule has 1 aromatic rings. The van der Waals surface area contributed by atoms with Crippen molar-refractivity contribution in [2.75, 3.05) is 0 Å². The second-order valence-corrected chi connectivity index (χ2v) is 2.96. The van der Waals surface area contributed by atoms with Crippen LogP contribution in [-0.2, 0) is 6.54 Å². The van der Waals surface area contributed by atoms with Gasteiger partial charge in [-0.25, -0.2) is 9.97 Å². The summed E-state index contributed by atoms with van der Waals surface area (Å²) in [6.45, 7) is 4.77. The molecule has 3 nitrogen and oxygen atoms in total. The maximum atomic E-state index is 5.43. The van der Waals surface area contributed by atoms with Crippen LogP contribution in [0.2, 0.25) is 0 Å². The molecule has 3 heteroatoms. The number of nitrogens with zero attached hydrogens (tertiary/aromatic N) is 2. The molecular formula is C9H15N3. The van der Waals surface area contributed by atoms with Crippen molar-refractivity contribution in [3.8, 4) is 0 Å². The SMILES string of the molecule is CCC(C)c1ncc(CN)cn1. The highest BCUT2D eigenvalue weighted by molar-refractivity contribution is 5.06. The quantitative estimate of drug-likeness (QED) is 0.737. The highest BCUT2D eigenvalue weighted by atomic mass is 14.9. The molecule has 0 saturated carbocycles. The van der Waals surface area contributed by atoms with Gasteiger partial charge in [0.25, 0.3) is 0 Å². The summed E-state index contributed by atoms with van der Waals surface area (Å²) in [7, 11) is 0. The highest BCUT2D eigenvalue weighted by Crippen LogP contribution is 2.12. The van der Waals surface area contributed by atoms with E-state index in [1.807, 2.05) is 0 Å². The number of aromatic nitrogens is 2. The molecule has 1 heterocycles. The van der Waals surface area contributed by atoms with Gasteiger partial charge in [-0.3, -0.25) is 0 Å². The van der Waals surface area contributed by atoms with Crippen molar-refractivity contribution in [3.05, 3.63) is 23.8 Å². The van der Waals surface area contributed by atoms with Crippen LogP contribution in [0.15, 0.2) is 12.4 Å². The van der Waals surface area contributed by atoms with Gasteiger partial charge in [-0.15, -0.1) is 0 Å². The molecule has 1 rings (SSSR count). The number of hydrogen-bond acceptors (Lipinski definition) is 3. The second kappa shape index (κ2) is 4.16. The van der Waals surface area contributed by atoms with Crippen molar-refractivity contribution in [2.24, 2.45) is 5.73 Å². The topological polar surface area (TPSA) is 51.8 Å². The summed E-state index contributed by atoms with van der Waals surface area (Å²) in [5, 5.41) is 0. The highest BCUT2D eigenvalue weighted by Gasteiger charge is 2.04. The van der Waals surface area contributed by atoms with E-state index in [0.717, 1.165) is 17.8 Å². The van der Waals surface area contributed by atoms with E-state index in [1.165, 1.54) is 0 Å². The molecule has 0 radical (unpaired) electrons. The molecule has 0 saturated heterocycles. The van der Waals surface area contributed by atoms with Crippen LogP contribution in [0.25, 0.3) is 0 Å². The number of rotatable bonds is 3. The largest absolute Gasteiger partial charge is 0.326 e. The Morgan fingerprint density at radius 2 is 2.00 bits per heavy atom. The molecule has 12 heavy (non-hydrogen) atoms. The van der Waals surface area contributed by atoms with Crippen LogP contribution in [-0.4, -0.2) is 9.97 Å². The Hall–Kier alpha value is -0.960. The first-order chi connectivity index (χ1) is 5.77. The van der Waals surface area contributed by atoms with E-state index in [1.54, 1.807) is 12.4 Å². The molecule has 0 bridgehead atoms. The molecule has 0 aliphatic rings. The third-order valence-corrected chi connectivity index (χ3v) is 2.01. The van der Waals surface area contributed by atoms with E-state index in [2.05, 4.69) is 23.8 Å². The zero-order valence-corrected chi connectivity index (χ0v) is 7.62. The van der Waals surface area contributed by atoms with Crippen molar-refractivity contribution in [1.29, 1.82) is 0 Å². The molecule has 2 N–H and O–H groups in total. The van der Waals surface area contributed by atoms with E-state index >= 15 is 0 Å². The average molecular weight is 165 g/mol. The maximum absolute atomic E-state index is 5.43. The maximum Gasteiger partial charge on any atom is 0.131 e. The summed E-state index contributed by atoms with van der Waals surface area (Å²) in [4.78, 5) is 8.46. The predicted molar refractivity (Wildman–Crippen MR) is 48.6 cm³/mol. The minimum absolute atomic E-state index is 0.442. The first-order valence-corrected chi connectivity index (χ1v) is 4.28. The monoisotopic (exact) mass is 165 g/mol. The Kier molecular flexibility index (Phi) is 3.17. The predicted octanol–water partition coefficient (Wildman–Crippen LogP) is 1.45. The summed E-state index contributed by atoms with van der Waals surface area (Å²) in [6.07, 6.45) is 4.67. The zero-order valence-electron chi connectivity index (χ0n) is 7.62. The molecule has 1 aromatic heterocycles. The summed E-state index contributed by atoms with van der Waals surface area (Å²) in [5.74, 6) is 1.35. The summed E-state index contributed by atoms with van der Waals surface area (Å²) in [6, 6.07) is 0. The summed E-state index contributed by atoms with van der Waals surface area (Å²) in [5.41, 5.74) is 6.42. The van der Waals surface area contributed by atoms with Crippen molar-refractivity contribution in [2.45, 2.75) is 32.7 Å². The van der Waals surface area contributed by atoms with Gasteiger partial charge >= 0.3 is 0 Å². The molecule has 0 aliphatic heterocycles. The molecule has 0 amide bonds. The lowest BCUT2D eigenvalue weighted by Gasteiger charge is -2.05. The first-order valence-electron chi connectivity index (χ1n) is 4.28. The fourth-order valence-electron chi connectivity index (χ4n) is 0.907. The van der Waals surface area contributed by atoms with Crippen LogP contribution in [0, 0.1) is 0 Å². The lowest BCUT2D eigenvalue weighted by atomic mass is 10.1. The fourth-order valence-corrected chi connectivity index (χ4v) is 0.907. The second-order valence-electron chi connectivity index (χ2n) is 2.96. The molecule has 66 valence electrons. The number of nitrogens with two attached hydrogens (primary N) is 1. The van der Waals surface area contributed by atoms with Gasteiger partial charge in [0.15, 0.2) is 0 Å². The van der Waals surface area contributed by atoms with Gasteiger partial charge < -0.3 is 5.73 Å². The van der Waals surface area contributed by atoms with Crippen LogP contribution in [0.3, 0.4) is 0 Å². The third kappa shape index (κ3) is 2.01. The zero-order chi connectivity index (χ0) is 8.97. The van der Waals surface area contributed by atoms with E-state index < -0.39 is 0 Å². The normalized spacial score (nSPS) is 12.9. The van der Waals surface area contributed by atoms with Gasteiger partial charge in [0, 0.05) is 30.4 Å². The summed E-state index contributed by atoms with van der Waals surface area (Å²) < 4.78 is 0. The van der Waals surface area contributed by atoms with Crippen LogP contribution in [0.5, 0.6) is 0 Å². The Morgan fingerprint density at radius 3 is 2.42 bits per heavy atom. The number of hydrogen-bond donors (Lipinski definition) is 1. The molecule has 0 aliphatic carbocycles. The lowest BCUT2D eigenvalue weighted by Crippen LogP contribution is -2.03. The van der Waals surface area contributed by atoms with E-state index in [-0.39, 0.29) is 0 Å². The third-order valence-electron chi connectivity index (χ3n) is 2.01. The average Bonchev–Trinajstić information content (AvgIpc) is 2.17. The van der Waals surface area contributed by atoms with Gasteiger partial charge in [0.05, 0.1) is 0 Å². The van der Waals surface area contributed by atoms with E-state index in [0.29, 0.717) is 12.5 Å². The van der Waals surface area contributed by atoms with Crippen molar-refractivity contribution >= 4 is 0 Å². The van der Waals surface area contributed by atoms with Crippen molar-refractivity contribution in [3.63, 3.8) is 0 Å². The first kappa shape index (κ1) is 9.13. The van der Waals surface area contributed by atoms with Crippen LogP contribution >= 0.6 is 0 Å². The van der Waals surface area contributed by atoms with E-state index in [9.17, 15) is 0 Å². The molecular weight excluding hydrogens is 150 g/mol. The Labute approximate surface area is 73.0 Å².